The molecule has 2 aliphatic rings. The zero-order chi connectivity index (χ0) is 27.2. The first-order valence-corrected chi connectivity index (χ1v) is 13.4. The minimum atomic E-state index is -0.259. The van der Waals surface area contributed by atoms with E-state index in [1.807, 2.05) is 48.5 Å². The summed E-state index contributed by atoms with van der Waals surface area (Å²) >= 11 is 0. The highest BCUT2D eigenvalue weighted by Crippen LogP contribution is 2.43. The Labute approximate surface area is 228 Å². The number of methoxy groups -OCH3 is 1. The van der Waals surface area contributed by atoms with Gasteiger partial charge in [-0.1, -0.05) is 42.8 Å². The molecule has 3 aromatic rings. The van der Waals surface area contributed by atoms with Gasteiger partial charge in [-0.3, -0.25) is 4.79 Å². The van der Waals surface area contributed by atoms with E-state index in [1.54, 1.807) is 13.2 Å². The predicted molar refractivity (Wildman–Crippen MR) is 146 cm³/mol. The third-order valence-electron chi connectivity index (χ3n) is 7.44. The molecule has 1 fully saturated rings. The fraction of sp³-hybridized carbons (Fsp3) is 0.400. The normalized spacial score (nSPS) is 20.0. The predicted octanol–water partition coefficient (Wildman–Crippen LogP) is 4.56. The molecule has 204 valence electrons. The van der Waals surface area contributed by atoms with E-state index >= 15 is 0 Å². The Balaban J connectivity index is 1.32. The van der Waals surface area contributed by atoms with E-state index in [-0.39, 0.29) is 31.1 Å². The van der Waals surface area contributed by atoms with Crippen LogP contribution < -0.4 is 14.8 Å². The highest BCUT2D eigenvalue weighted by Gasteiger charge is 2.34. The van der Waals surface area contributed by atoms with Crippen molar-refractivity contribution in [3.8, 4) is 11.5 Å². The second kappa shape index (κ2) is 12.3. The maximum Gasteiger partial charge on any atom is 0.270 e. The summed E-state index contributed by atoms with van der Waals surface area (Å²) in [7, 11) is 1.62. The molecule has 0 spiro atoms. The van der Waals surface area contributed by atoms with Crippen LogP contribution in [0.2, 0.25) is 0 Å². The van der Waals surface area contributed by atoms with Crippen LogP contribution in [-0.2, 0) is 11.4 Å². The molecule has 1 saturated carbocycles. The fourth-order valence-electron chi connectivity index (χ4n) is 4.96. The lowest BCUT2D eigenvalue weighted by Crippen LogP contribution is -2.29. The number of carbonyl (C=O) groups excluding carboxylic acids is 1. The van der Waals surface area contributed by atoms with Gasteiger partial charge in [-0.2, -0.15) is 0 Å². The molecule has 39 heavy (non-hydrogen) atoms. The van der Waals surface area contributed by atoms with E-state index in [4.69, 9.17) is 29.4 Å². The van der Waals surface area contributed by atoms with E-state index in [0.29, 0.717) is 47.6 Å². The van der Waals surface area contributed by atoms with Gasteiger partial charge < -0.3 is 24.7 Å². The Hall–Kier alpha value is -3.98. The van der Waals surface area contributed by atoms with Crippen molar-refractivity contribution in [1.82, 2.24) is 15.3 Å². The number of hydrogen-bond donors (Lipinski definition) is 2. The summed E-state index contributed by atoms with van der Waals surface area (Å²) in [6.07, 6.45) is 3.50. The average molecular weight is 531 g/mol. The first-order chi connectivity index (χ1) is 19.1. The smallest absolute Gasteiger partial charge is 0.270 e. The third kappa shape index (κ3) is 6.20. The largest absolute Gasteiger partial charge is 0.497 e. The molecule has 9 nitrogen and oxygen atoms in total. The second-order valence-electron chi connectivity index (χ2n) is 9.86. The van der Waals surface area contributed by atoms with E-state index in [9.17, 15) is 4.79 Å². The molecule has 0 radical (unpaired) electrons. The molecule has 0 bridgehead atoms. The molecule has 0 saturated heterocycles. The van der Waals surface area contributed by atoms with Crippen LogP contribution in [0, 0.1) is 5.92 Å². The summed E-state index contributed by atoms with van der Waals surface area (Å²) in [5.74, 6) is 2.67. The quantitative estimate of drug-likeness (QED) is 0.374. The van der Waals surface area contributed by atoms with E-state index in [0.717, 1.165) is 36.1 Å². The lowest BCUT2D eigenvalue weighted by molar-refractivity contribution is 0.0856. The van der Waals surface area contributed by atoms with Gasteiger partial charge in [0.25, 0.3) is 5.91 Å². The summed E-state index contributed by atoms with van der Waals surface area (Å²) in [4.78, 5) is 28.6. The van der Waals surface area contributed by atoms with Crippen molar-refractivity contribution in [2.75, 3.05) is 20.3 Å². The third-order valence-corrected chi connectivity index (χ3v) is 7.44. The minimum absolute atomic E-state index is 0.0348. The molecule has 5 rings (SSSR count). The van der Waals surface area contributed by atoms with Crippen molar-refractivity contribution in [3.05, 3.63) is 82.9 Å². The molecular formula is C30H34N4O5. The summed E-state index contributed by atoms with van der Waals surface area (Å²) in [5, 5.41) is 16.3. The average Bonchev–Trinajstić information content (AvgIpc) is 3.45. The molecule has 9 heteroatoms. The topological polar surface area (TPSA) is 115 Å². The minimum Gasteiger partial charge on any atom is -0.497 e. The number of benzene rings is 2. The van der Waals surface area contributed by atoms with Crippen molar-refractivity contribution < 1.29 is 24.2 Å². The molecule has 2 aromatic carbocycles. The first kappa shape index (κ1) is 26.6. The summed E-state index contributed by atoms with van der Waals surface area (Å²) < 4.78 is 10.7. The molecule has 3 atom stereocenters. The van der Waals surface area contributed by atoms with Crippen LogP contribution >= 0.6 is 0 Å². The van der Waals surface area contributed by atoms with Gasteiger partial charge in [0, 0.05) is 18.9 Å². The highest BCUT2D eigenvalue weighted by atomic mass is 16.6. The summed E-state index contributed by atoms with van der Waals surface area (Å²) in [6, 6.07) is 16.9. The highest BCUT2D eigenvalue weighted by molar-refractivity contribution is 6.02. The van der Waals surface area contributed by atoms with Crippen molar-refractivity contribution in [3.63, 3.8) is 0 Å². The Bertz CT molecular complexity index is 1310. The van der Waals surface area contributed by atoms with Crippen molar-refractivity contribution in [2.45, 2.75) is 51.2 Å². The Morgan fingerprint density at radius 3 is 2.51 bits per heavy atom. The van der Waals surface area contributed by atoms with Crippen LogP contribution in [-0.4, -0.2) is 47.0 Å². The van der Waals surface area contributed by atoms with Gasteiger partial charge in [-0.25, -0.2) is 9.97 Å². The number of aromatic nitrogens is 2. The molecule has 1 amide bonds. The SMILES string of the molecule is CCC1CCC1c1nc(C(=O)NCc2ccc(OC)cc2)cc(C2=NOC(c3ccc(OCCO)cc3)C2)n1. The maximum atomic E-state index is 13.2. The second-order valence-corrected chi connectivity index (χ2v) is 9.86. The Morgan fingerprint density at radius 1 is 1.08 bits per heavy atom. The monoisotopic (exact) mass is 530 g/mol. The van der Waals surface area contributed by atoms with Gasteiger partial charge in [0.1, 0.15) is 35.3 Å². The molecule has 1 aromatic heterocycles. The maximum absolute atomic E-state index is 13.2. The van der Waals surface area contributed by atoms with Crippen LogP contribution in [0.15, 0.2) is 59.8 Å². The van der Waals surface area contributed by atoms with Gasteiger partial charge in [0.15, 0.2) is 6.10 Å². The number of nitrogens with one attached hydrogen (secondary N) is 1. The summed E-state index contributed by atoms with van der Waals surface area (Å²) in [6.45, 7) is 2.77. The number of aliphatic hydroxyl groups excluding tert-OH is 1. The van der Waals surface area contributed by atoms with Crippen molar-refractivity contribution in [2.24, 2.45) is 11.1 Å². The van der Waals surface area contributed by atoms with Crippen LogP contribution in [0.4, 0.5) is 0 Å². The number of rotatable bonds is 11. The zero-order valence-electron chi connectivity index (χ0n) is 22.3. The Morgan fingerprint density at radius 2 is 1.85 bits per heavy atom. The number of hydrogen-bond acceptors (Lipinski definition) is 8. The number of oxime groups is 1. The zero-order valence-corrected chi connectivity index (χ0v) is 22.3. The van der Waals surface area contributed by atoms with Gasteiger partial charge >= 0.3 is 0 Å². The Kier molecular flexibility index (Phi) is 8.36. The van der Waals surface area contributed by atoms with E-state index in [1.165, 1.54) is 0 Å². The number of carbonyl (C=O) groups is 1. The standard InChI is InChI=1S/C30H34N4O5/c1-3-20-8-13-24(20)29-32-25(16-27(33-29)30(36)31-18-19-4-9-22(37-2)10-5-19)26-17-28(39-34-26)21-6-11-23(12-7-21)38-15-14-35/h4-7,9-12,16,20,24,28,35H,3,8,13-15,17-18H2,1-2H3,(H,31,36). The molecule has 1 aliphatic carbocycles. The first-order valence-electron chi connectivity index (χ1n) is 13.4. The van der Waals surface area contributed by atoms with E-state index < -0.39 is 0 Å². The van der Waals surface area contributed by atoms with Crippen LogP contribution in [0.1, 0.15) is 77.8 Å². The summed E-state index contributed by atoms with van der Waals surface area (Å²) in [5.41, 5.74) is 3.58. The van der Waals surface area contributed by atoms with Gasteiger partial charge in [0.2, 0.25) is 0 Å². The lowest BCUT2D eigenvalue weighted by Gasteiger charge is -2.35. The van der Waals surface area contributed by atoms with Crippen LogP contribution in [0.3, 0.4) is 0 Å². The number of nitrogens with zero attached hydrogens (tertiary/aromatic N) is 3. The number of amides is 1. The fourth-order valence-corrected chi connectivity index (χ4v) is 4.96. The molecule has 2 heterocycles. The van der Waals surface area contributed by atoms with Crippen molar-refractivity contribution in [1.29, 1.82) is 0 Å². The lowest BCUT2D eigenvalue weighted by atomic mass is 9.71. The van der Waals surface area contributed by atoms with E-state index in [2.05, 4.69) is 17.4 Å². The number of ether oxygens (including phenoxy) is 2. The molecule has 2 N–H and O–H groups in total. The number of aliphatic hydroxyl groups is 1. The molecule has 1 aliphatic heterocycles. The van der Waals surface area contributed by atoms with Crippen molar-refractivity contribution >= 4 is 11.6 Å². The van der Waals surface area contributed by atoms with Gasteiger partial charge in [-0.15, -0.1) is 0 Å². The van der Waals surface area contributed by atoms with Gasteiger partial charge in [0.05, 0.1) is 19.4 Å². The van der Waals surface area contributed by atoms with Crippen LogP contribution in [0.25, 0.3) is 0 Å². The van der Waals surface area contributed by atoms with Crippen LogP contribution in [0.5, 0.6) is 11.5 Å². The van der Waals surface area contributed by atoms with Gasteiger partial charge in [-0.05, 0) is 60.2 Å². The molecule has 3 unspecified atom stereocenters. The molecular weight excluding hydrogens is 496 g/mol.